The van der Waals surface area contributed by atoms with E-state index < -0.39 is 0 Å². The number of halogens is 1. The minimum absolute atomic E-state index is 0.203. The molecule has 0 bridgehead atoms. The van der Waals surface area contributed by atoms with Gasteiger partial charge in [0, 0.05) is 19.5 Å². The zero-order chi connectivity index (χ0) is 12.1. The third kappa shape index (κ3) is 3.55. The number of hydrogen-bond donors (Lipinski definition) is 0. The molecule has 1 aliphatic rings. The zero-order valence-corrected chi connectivity index (χ0v) is 9.99. The summed E-state index contributed by atoms with van der Waals surface area (Å²) >= 11 is 0. The molecule has 2 nitrogen and oxygen atoms in total. The van der Waals surface area contributed by atoms with Gasteiger partial charge in [0.15, 0.2) is 0 Å². The molecule has 1 saturated heterocycles. The first-order chi connectivity index (χ1) is 8.25. The molecule has 1 aromatic carbocycles. The Morgan fingerprint density at radius 3 is 2.71 bits per heavy atom. The van der Waals surface area contributed by atoms with Crippen LogP contribution < -0.4 is 0 Å². The number of carbonyl (C=O) groups excluding carboxylic acids is 1. The lowest BCUT2D eigenvalue weighted by Crippen LogP contribution is -2.35. The Kier molecular flexibility index (Phi) is 4.13. The largest absolute Gasteiger partial charge is 0.343 e. The highest BCUT2D eigenvalue weighted by molar-refractivity contribution is 5.76. The van der Waals surface area contributed by atoms with Gasteiger partial charge in [-0.15, -0.1) is 0 Å². The molecular formula is C14H18FNO. The van der Waals surface area contributed by atoms with Crippen molar-refractivity contribution in [2.75, 3.05) is 13.1 Å². The van der Waals surface area contributed by atoms with Gasteiger partial charge in [0.2, 0.25) is 5.91 Å². The number of carbonyl (C=O) groups is 1. The van der Waals surface area contributed by atoms with Gasteiger partial charge < -0.3 is 4.90 Å². The number of aryl methyl sites for hydroxylation is 1. The SMILES string of the molecule is O=C(CCc1cccc(F)c1)N1CCCCC1. The number of hydrogen-bond acceptors (Lipinski definition) is 1. The first kappa shape index (κ1) is 12.1. The van der Waals surface area contributed by atoms with Crippen LogP contribution in [0, 0.1) is 5.82 Å². The van der Waals surface area contributed by atoms with Crippen LogP contribution in [0.5, 0.6) is 0 Å². The maximum Gasteiger partial charge on any atom is 0.222 e. The van der Waals surface area contributed by atoms with Gasteiger partial charge in [-0.25, -0.2) is 4.39 Å². The summed E-state index contributed by atoms with van der Waals surface area (Å²) in [5.74, 6) is -0.0260. The lowest BCUT2D eigenvalue weighted by atomic mass is 10.1. The van der Waals surface area contributed by atoms with Crippen molar-refractivity contribution in [3.8, 4) is 0 Å². The molecule has 2 rings (SSSR count). The van der Waals surface area contributed by atoms with Gasteiger partial charge in [-0.05, 0) is 43.4 Å². The van der Waals surface area contributed by atoms with Crippen molar-refractivity contribution in [1.82, 2.24) is 4.90 Å². The highest BCUT2D eigenvalue weighted by atomic mass is 19.1. The molecule has 1 heterocycles. The van der Waals surface area contributed by atoms with Gasteiger partial charge in [0.25, 0.3) is 0 Å². The number of likely N-dealkylation sites (tertiary alicyclic amines) is 1. The minimum Gasteiger partial charge on any atom is -0.343 e. The van der Waals surface area contributed by atoms with Crippen molar-refractivity contribution in [3.63, 3.8) is 0 Å². The van der Waals surface area contributed by atoms with Crippen LogP contribution in [-0.2, 0) is 11.2 Å². The molecule has 3 heteroatoms. The second-order valence-electron chi connectivity index (χ2n) is 4.57. The Hall–Kier alpha value is -1.38. The fraction of sp³-hybridized carbons (Fsp3) is 0.500. The Bertz CT molecular complexity index is 386. The standard InChI is InChI=1S/C14H18FNO/c15-13-6-4-5-12(11-13)7-8-14(17)16-9-2-1-3-10-16/h4-6,11H,1-3,7-10H2. The van der Waals surface area contributed by atoms with E-state index in [-0.39, 0.29) is 11.7 Å². The molecule has 92 valence electrons. The number of benzene rings is 1. The van der Waals surface area contributed by atoms with E-state index in [0.717, 1.165) is 31.5 Å². The molecule has 1 aliphatic heterocycles. The van der Waals surface area contributed by atoms with Crippen molar-refractivity contribution in [2.45, 2.75) is 32.1 Å². The summed E-state index contributed by atoms with van der Waals surface area (Å²) in [6, 6.07) is 6.49. The van der Waals surface area contributed by atoms with E-state index in [1.54, 1.807) is 6.07 Å². The van der Waals surface area contributed by atoms with Gasteiger partial charge in [0.05, 0.1) is 0 Å². The van der Waals surface area contributed by atoms with E-state index in [2.05, 4.69) is 0 Å². The summed E-state index contributed by atoms with van der Waals surface area (Å²) in [6.07, 6.45) is 4.58. The van der Waals surface area contributed by atoms with Crippen LogP contribution in [-0.4, -0.2) is 23.9 Å². The summed E-state index contributed by atoms with van der Waals surface area (Å²) in [4.78, 5) is 13.8. The molecule has 0 N–H and O–H groups in total. The van der Waals surface area contributed by atoms with Crippen molar-refractivity contribution in [2.24, 2.45) is 0 Å². The molecule has 0 aromatic heterocycles. The van der Waals surface area contributed by atoms with Crippen LogP contribution in [0.4, 0.5) is 4.39 Å². The lowest BCUT2D eigenvalue weighted by molar-refractivity contribution is -0.132. The van der Waals surface area contributed by atoms with Crippen LogP contribution in [0.3, 0.4) is 0 Å². The molecule has 0 saturated carbocycles. The minimum atomic E-state index is -0.229. The molecule has 1 amide bonds. The fourth-order valence-corrected chi connectivity index (χ4v) is 2.25. The van der Waals surface area contributed by atoms with Crippen molar-refractivity contribution in [3.05, 3.63) is 35.6 Å². The summed E-state index contributed by atoms with van der Waals surface area (Å²) in [6.45, 7) is 1.78. The second kappa shape index (κ2) is 5.80. The van der Waals surface area contributed by atoms with Crippen molar-refractivity contribution >= 4 is 5.91 Å². The Morgan fingerprint density at radius 1 is 1.24 bits per heavy atom. The molecule has 1 fully saturated rings. The highest BCUT2D eigenvalue weighted by Gasteiger charge is 2.15. The van der Waals surface area contributed by atoms with E-state index >= 15 is 0 Å². The molecule has 1 aromatic rings. The lowest BCUT2D eigenvalue weighted by Gasteiger charge is -2.26. The zero-order valence-electron chi connectivity index (χ0n) is 9.99. The summed E-state index contributed by atoms with van der Waals surface area (Å²) < 4.78 is 13.0. The third-order valence-corrected chi connectivity index (χ3v) is 3.23. The average Bonchev–Trinajstić information content (AvgIpc) is 2.37. The smallest absolute Gasteiger partial charge is 0.222 e. The number of piperidine rings is 1. The molecule has 0 unspecified atom stereocenters. The summed E-state index contributed by atoms with van der Waals surface area (Å²) in [5.41, 5.74) is 0.898. The van der Waals surface area contributed by atoms with Crippen LogP contribution in [0.15, 0.2) is 24.3 Å². The van der Waals surface area contributed by atoms with Gasteiger partial charge in [-0.1, -0.05) is 12.1 Å². The van der Waals surface area contributed by atoms with Crippen LogP contribution in [0.1, 0.15) is 31.2 Å². The first-order valence-electron chi connectivity index (χ1n) is 6.28. The summed E-state index contributed by atoms with van der Waals surface area (Å²) in [7, 11) is 0. The molecule has 0 atom stereocenters. The molecule has 17 heavy (non-hydrogen) atoms. The molecule has 0 radical (unpaired) electrons. The Labute approximate surface area is 101 Å². The van der Waals surface area contributed by atoms with Crippen molar-refractivity contribution in [1.29, 1.82) is 0 Å². The topological polar surface area (TPSA) is 20.3 Å². The second-order valence-corrected chi connectivity index (χ2v) is 4.57. The van der Waals surface area contributed by atoms with Gasteiger partial charge in [-0.2, -0.15) is 0 Å². The van der Waals surface area contributed by atoms with Crippen LogP contribution >= 0.6 is 0 Å². The molecule has 0 spiro atoms. The Balaban J connectivity index is 1.83. The van der Waals surface area contributed by atoms with E-state index in [1.807, 2.05) is 11.0 Å². The molecular weight excluding hydrogens is 217 g/mol. The quantitative estimate of drug-likeness (QED) is 0.789. The van der Waals surface area contributed by atoms with Gasteiger partial charge in [0.1, 0.15) is 5.82 Å². The van der Waals surface area contributed by atoms with E-state index in [1.165, 1.54) is 18.6 Å². The average molecular weight is 235 g/mol. The first-order valence-corrected chi connectivity index (χ1v) is 6.28. The van der Waals surface area contributed by atoms with E-state index in [0.29, 0.717) is 12.8 Å². The van der Waals surface area contributed by atoms with Crippen LogP contribution in [0.25, 0.3) is 0 Å². The predicted octanol–water partition coefficient (Wildman–Crippen LogP) is 2.77. The summed E-state index contributed by atoms with van der Waals surface area (Å²) in [5, 5.41) is 0. The maximum absolute atomic E-state index is 13.0. The number of rotatable bonds is 3. The monoisotopic (exact) mass is 235 g/mol. The van der Waals surface area contributed by atoms with Crippen molar-refractivity contribution < 1.29 is 9.18 Å². The van der Waals surface area contributed by atoms with Crippen LogP contribution in [0.2, 0.25) is 0 Å². The van der Waals surface area contributed by atoms with Gasteiger partial charge in [-0.3, -0.25) is 4.79 Å². The van der Waals surface area contributed by atoms with E-state index in [9.17, 15) is 9.18 Å². The highest BCUT2D eigenvalue weighted by Crippen LogP contribution is 2.12. The maximum atomic E-state index is 13.0. The number of amides is 1. The predicted molar refractivity (Wildman–Crippen MR) is 65.2 cm³/mol. The normalized spacial score (nSPS) is 15.9. The third-order valence-electron chi connectivity index (χ3n) is 3.23. The van der Waals surface area contributed by atoms with E-state index in [4.69, 9.17) is 0 Å². The Morgan fingerprint density at radius 2 is 2.00 bits per heavy atom. The number of nitrogens with zero attached hydrogens (tertiary/aromatic N) is 1. The molecule has 0 aliphatic carbocycles. The van der Waals surface area contributed by atoms with Gasteiger partial charge >= 0.3 is 0 Å². The fourth-order valence-electron chi connectivity index (χ4n) is 2.25.